The van der Waals surface area contributed by atoms with Crippen molar-refractivity contribution >= 4 is 44.1 Å². The molecule has 1 unspecified atom stereocenters. The molecule has 3 aromatic heterocycles. The Morgan fingerprint density at radius 3 is 3.03 bits per heavy atom. The quantitative estimate of drug-likeness (QED) is 0.563. The minimum absolute atomic E-state index is 0.0273. The standard InChI is InChI=1S/C19H22N8OS/c1-12-23-15(21-6-8-28)9-16(24-12)26-18-17-14(4-5-22-18)25-19(29-17)27-7-2-3-13(10-20)11-27/h4-5,9,13,28H,2-3,6-8,11H2,1H3,(H2,21,22,23,24,26). The maximum absolute atomic E-state index is 9.26. The zero-order valence-corrected chi connectivity index (χ0v) is 16.9. The summed E-state index contributed by atoms with van der Waals surface area (Å²) in [6, 6.07) is 6.06. The van der Waals surface area contributed by atoms with Crippen LogP contribution < -0.4 is 15.5 Å². The fraction of sp³-hybridized carbons (Fsp3) is 0.421. The Kier molecular flexibility index (Phi) is 5.69. The summed E-state index contributed by atoms with van der Waals surface area (Å²) in [6.45, 7) is 3.90. The summed E-state index contributed by atoms with van der Waals surface area (Å²) in [7, 11) is 0. The van der Waals surface area contributed by atoms with E-state index in [2.05, 4.69) is 36.6 Å². The lowest BCUT2D eigenvalue weighted by atomic mass is 10.0. The number of aromatic nitrogens is 4. The van der Waals surface area contributed by atoms with Gasteiger partial charge in [0.25, 0.3) is 0 Å². The van der Waals surface area contributed by atoms with E-state index in [1.165, 1.54) is 0 Å². The van der Waals surface area contributed by atoms with Gasteiger partial charge in [-0.2, -0.15) is 5.26 Å². The Labute approximate surface area is 172 Å². The minimum Gasteiger partial charge on any atom is -0.395 e. The zero-order chi connectivity index (χ0) is 20.2. The van der Waals surface area contributed by atoms with Crippen LogP contribution in [0, 0.1) is 24.2 Å². The van der Waals surface area contributed by atoms with Gasteiger partial charge in [0.05, 0.1) is 28.8 Å². The fourth-order valence-corrected chi connectivity index (χ4v) is 4.39. The molecule has 0 radical (unpaired) electrons. The number of nitriles is 1. The largest absolute Gasteiger partial charge is 0.395 e. The van der Waals surface area contributed by atoms with E-state index >= 15 is 0 Å². The highest BCUT2D eigenvalue weighted by molar-refractivity contribution is 7.22. The van der Waals surface area contributed by atoms with Crippen LogP contribution in [0.2, 0.25) is 0 Å². The molecule has 4 heterocycles. The van der Waals surface area contributed by atoms with Crippen LogP contribution in [0.4, 0.5) is 22.6 Å². The lowest BCUT2D eigenvalue weighted by Crippen LogP contribution is -2.34. The van der Waals surface area contributed by atoms with Crippen LogP contribution in [0.15, 0.2) is 18.3 Å². The first-order valence-corrected chi connectivity index (χ1v) is 10.4. The molecule has 4 rings (SSSR count). The number of hydrogen-bond acceptors (Lipinski definition) is 10. The van der Waals surface area contributed by atoms with E-state index in [9.17, 15) is 5.26 Å². The number of fused-ring (bicyclic) bond motifs is 1. The van der Waals surface area contributed by atoms with E-state index in [-0.39, 0.29) is 12.5 Å². The Morgan fingerprint density at radius 1 is 1.34 bits per heavy atom. The molecule has 0 amide bonds. The molecule has 1 atom stereocenters. The maximum atomic E-state index is 9.26. The number of anilines is 4. The van der Waals surface area contributed by atoms with E-state index in [1.54, 1.807) is 23.6 Å². The van der Waals surface area contributed by atoms with Gasteiger partial charge in [-0.05, 0) is 25.8 Å². The number of thiazole rings is 1. The van der Waals surface area contributed by atoms with Gasteiger partial charge in [-0.1, -0.05) is 11.3 Å². The number of hydrogen-bond donors (Lipinski definition) is 3. The molecular weight excluding hydrogens is 388 g/mol. The second-order valence-corrected chi connectivity index (χ2v) is 7.86. The molecule has 3 N–H and O–H groups in total. The Morgan fingerprint density at radius 2 is 2.21 bits per heavy atom. The number of aliphatic hydroxyl groups is 1. The van der Waals surface area contributed by atoms with Crippen molar-refractivity contribution in [3.8, 4) is 6.07 Å². The SMILES string of the molecule is Cc1nc(NCCO)cc(Nc2nccc3nc(N4CCCC(C#N)C4)sc23)n1. The molecule has 0 aromatic carbocycles. The van der Waals surface area contributed by atoms with Crippen LogP contribution in [0.3, 0.4) is 0 Å². The van der Waals surface area contributed by atoms with Gasteiger partial charge in [-0.15, -0.1) is 0 Å². The molecule has 29 heavy (non-hydrogen) atoms. The molecule has 10 heteroatoms. The predicted molar refractivity (Wildman–Crippen MR) is 114 cm³/mol. The molecule has 3 aromatic rings. The third-order valence-electron chi connectivity index (χ3n) is 4.67. The molecule has 1 aliphatic rings. The first-order valence-electron chi connectivity index (χ1n) is 9.54. The van der Waals surface area contributed by atoms with Crippen molar-refractivity contribution in [1.29, 1.82) is 5.26 Å². The highest BCUT2D eigenvalue weighted by Gasteiger charge is 2.23. The summed E-state index contributed by atoms with van der Waals surface area (Å²) < 4.78 is 0.947. The topological polar surface area (TPSA) is 123 Å². The summed E-state index contributed by atoms with van der Waals surface area (Å²) in [5, 5.41) is 25.5. The Bertz CT molecular complexity index is 1050. The summed E-state index contributed by atoms with van der Waals surface area (Å²) in [6.07, 6.45) is 3.68. The third kappa shape index (κ3) is 4.36. The van der Waals surface area contributed by atoms with Crippen LogP contribution in [0.25, 0.3) is 10.2 Å². The normalized spacial score (nSPS) is 16.6. The second kappa shape index (κ2) is 8.55. The number of rotatable bonds is 6. The molecule has 0 saturated carbocycles. The molecule has 9 nitrogen and oxygen atoms in total. The molecule has 0 bridgehead atoms. The number of pyridine rings is 1. The van der Waals surface area contributed by atoms with Crippen molar-refractivity contribution in [3.63, 3.8) is 0 Å². The van der Waals surface area contributed by atoms with Crippen molar-refractivity contribution < 1.29 is 5.11 Å². The maximum Gasteiger partial charge on any atom is 0.186 e. The lowest BCUT2D eigenvalue weighted by molar-refractivity contribution is 0.311. The van der Waals surface area contributed by atoms with Gasteiger partial charge in [0.1, 0.15) is 17.5 Å². The van der Waals surface area contributed by atoms with Gasteiger partial charge in [0, 0.05) is 31.9 Å². The number of aliphatic hydroxyl groups excluding tert-OH is 1. The number of nitrogens with one attached hydrogen (secondary N) is 2. The van der Waals surface area contributed by atoms with Crippen molar-refractivity contribution in [2.24, 2.45) is 5.92 Å². The average Bonchev–Trinajstić information content (AvgIpc) is 3.17. The number of nitrogens with zero attached hydrogens (tertiary/aromatic N) is 6. The molecular formula is C19H22N8OS. The number of piperidine rings is 1. The van der Waals surface area contributed by atoms with Gasteiger partial charge in [0.15, 0.2) is 10.9 Å². The van der Waals surface area contributed by atoms with E-state index in [0.29, 0.717) is 29.8 Å². The Hall–Kier alpha value is -3.03. The van der Waals surface area contributed by atoms with Crippen LogP contribution in [0.5, 0.6) is 0 Å². The average molecular weight is 411 g/mol. The van der Waals surface area contributed by atoms with E-state index in [0.717, 1.165) is 41.3 Å². The lowest BCUT2D eigenvalue weighted by Gasteiger charge is -2.28. The molecule has 1 saturated heterocycles. The van der Waals surface area contributed by atoms with Crippen molar-refractivity contribution in [2.75, 3.05) is 41.8 Å². The predicted octanol–water partition coefficient (Wildman–Crippen LogP) is 2.68. The first-order chi connectivity index (χ1) is 14.2. The summed E-state index contributed by atoms with van der Waals surface area (Å²) in [5.41, 5.74) is 0.867. The molecule has 150 valence electrons. The van der Waals surface area contributed by atoms with Gasteiger partial charge in [0.2, 0.25) is 0 Å². The highest BCUT2D eigenvalue weighted by atomic mass is 32.1. The Balaban J connectivity index is 1.61. The minimum atomic E-state index is 0.0273. The zero-order valence-electron chi connectivity index (χ0n) is 16.1. The number of aryl methyl sites for hydroxylation is 1. The van der Waals surface area contributed by atoms with Crippen molar-refractivity contribution in [2.45, 2.75) is 19.8 Å². The monoisotopic (exact) mass is 410 g/mol. The fourth-order valence-electron chi connectivity index (χ4n) is 3.35. The highest BCUT2D eigenvalue weighted by Crippen LogP contribution is 2.35. The van der Waals surface area contributed by atoms with Crippen molar-refractivity contribution in [1.82, 2.24) is 19.9 Å². The van der Waals surface area contributed by atoms with Gasteiger partial charge >= 0.3 is 0 Å². The summed E-state index contributed by atoms with van der Waals surface area (Å²) in [4.78, 5) is 20.2. The van der Waals surface area contributed by atoms with Gasteiger partial charge in [-0.3, -0.25) is 0 Å². The van der Waals surface area contributed by atoms with E-state index in [1.807, 2.05) is 13.0 Å². The summed E-state index contributed by atoms with van der Waals surface area (Å²) in [5.74, 6) is 2.62. The van der Waals surface area contributed by atoms with Crippen LogP contribution in [-0.2, 0) is 0 Å². The first kappa shape index (κ1) is 19.3. The van der Waals surface area contributed by atoms with E-state index < -0.39 is 0 Å². The third-order valence-corrected chi connectivity index (χ3v) is 5.81. The summed E-state index contributed by atoms with van der Waals surface area (Å²) >= 11 is 1.57. The van der Waals surface area contributed by atoms with Crippen LogP contribution in [0.1, 0.15) is 18.7 Å². The van der Waals surface area contributed by atoms with Gasteiger partial charge < -0.3 is 20.6 Å². The van der Waals surface area contributed by atoms with E-state index in [4.69, 9.17) is 10.1 Å². The van der Waals surface area contributed by atoms with Crippen molar-refractivity contribution in [3.05, 3.63) is 24.2 Å². The smallest absolute Gasteiger partial charge is 0.186 e. The van der Waals surface area contributed by atoms with Crippen LogP contribution in [-0.4, -0.2) is 51.3 Å². The molecule has 0 aliphatic carbocycles. The molecule has 0 spiro atoms. The molecule has 1 fully saturated rings. The molecule has 1 aliphatic heterocycles. The second-order valence-electron chi connectivity index (χ2n) is 6.88. The van der Waals surface area contributed by atoms with Gasteiger partial charge in [-0.25, -0.2) is 19.9 Å². The van der Waals surface area contributed by atoms with Crippen LogP contribution >= 0.6 is 11.3 Å².